The smallest absolute Gasteiger partial charge is 0.191 e. The van der Waals surface area contributed by atoms with E-state index < -0.39 is 0 Å². The lowest BCUT2D eigenvalue weighted by atomic mass is 10.2. The van der Waals surface area contributed by atoms with Gasteiger partial charge in [-0.2, -0.15) is 0 Å². The first kappa shape index (κ1) is 18.3. The van der Waals surface area contributed by atoms with E-state index in [9.17, 15) is 0 Å². The second-order valence-corrected chi connectivity index (χ2v) is 3.76. The van der Waals surface area contributed by atoms with Crippen LogP contribution in [0.1, 0.15) is 27.7 Å². The molecule has 0 radical (unpaired) electrons. The topological polar surface area (TPSA) is 45.7 Å². The molecule has 0 aliphatic heterocycles. The molecule has 0 aromatic rings. The van der Waals surface area contributed by atoms with Gasteiger partial charge in [-0.3, -0.25) is 4.99 Å². The molecule has 0 aromatic heterocycles. The average molecular weight is 343 g/mol. The Morgan fingerprint density at radius 2 is 1.75 bits per heavy atom. The number of hydrogen-bond donors (Lipinski definition) is 2. The Hall–Kier alpha value is -0.0400. The Morgan fingerprint density at radius 1 is 1.19 bits per heavy atom. The highest BCUT2D eigenvalue weighted by Crippen LogP contribution is 1.91. The fourth-order valence-corrected chi connectivity index (χ4v) is 1.05. The van der Waals surface area contributed by atoms with E-state index in [-0.39, 0.29) is 24.0 Å². The van der Waals surface area contributed by atoms with Crippen LogP contribution in [0.15, 0.2) is 4.99 Å². The minimum absolute atomic E-state index is 0. The SMILES string of the molecule is CCNC(=NCCOCC(C)C)NCC.I. The van der Waals surface area contributed by atoms with Crippen molar-refractivity contribution in [3.05, 3.63) is 0 Å². The Morgan fingerprint density at radius 3 is 2.19 bits per heavy atom. The molecule has 0 atom stereocenters. The molecule has 0 fully saturated rings. The molecular formula is C11H26IN3O. The van der Waals surface area contributed by atoms with Crippen molar-refractivity contribution in [3.8, 4) is 0 Å². The highest BCUT2D eigenvalue weighted by molar-refractivity contribution is 14.0. The molecule has 0 spiro atoms. The first-order valence-electron chi connectivity index (χ1n) is 5.80. The molecule has 0 aromatic carbocycles. The standard InChI is InChI=1S/C11H25N3O.HI/c1-5-12-11(13-6-2)14-7-8-15-9-10(3)4;/h10H,5-9H2,1-4H3,(H2,12,13,14);1H. The molecule has 0 amide bonds. The Bertz CT molecular complexity index is 167. The lowest BCUT2D eigenvalue weighted by Crippen LogP contribution is -2.37. The van der Waals surface area contributed by atoms with Crippen molar-refractivity contribution >= 4 is 29.9 Å². The zero-order valence-electron chi connectivity index (χ0n) is 10.9. The summed E-state index contributed by atoms with van der Waals surface area (Å²) in [6.45, 7) is 12.4. The summed E-state index contributed by atoms with van der Waals surface area (Å²) in [6, 6.07) is 0. The zero-order chi connectivity index (χ0) is 11.5. The van der Waals surface area contributed by atoms with E-state index in [2.05, 4.69) is 43.3 Å². The molecule has 0 aliphatic carbocycles. The van der Waals surface area contributed by atoms with E-state index >= 15 is 0 Å². The molecule has 0 unspecified atom stereocenters. The van der Waals surface area contributed by atoms with Crippen LogP contribution in [0.5, 0.6) is 0 Å². The van der Waals surface area contributed by atoms with Gasteiger partial charge in [0.25, 0.3) is 0 Å². The van der Waals surface area contributed by atoms with Crippen LogP contribution >= 0.6 is 24.0 Å². The number of hydrogen-bond acceptors (Lipinski definition) is 2. The Labute approximate surface area is 117 Å². The summed E-state index contributed by atoms with van der Waals surface area (Å²) >= 11 is 0. The Balaban J connectivity index is 0. The van der Waals surface area contributed by atoms with E-state index in [1.807, 2.05) is 0 Å². The van der Waals surface area contributed by atoms with Gasteiger partial charge in [0.2, 0.25) is 0 Å². The maximum atomic E-state index is 5.44. The van der Waals surface area contributed by atoms with E-state index in [1.165, 1.54) is 0 Å². The van der Waals surface area contributed by atoms with Gasteiger partial charge in [-0.05, 0) is 19.8 Å². The molecule has 0 aliphatic rings. The molecule has 5 heteroatoms. The monoisotopic (exact) mass is 343 g/mol. The van der Waals surface area contributed by atoms with Gasteiger partial charge < -0.3 is 15.4 Å². The van der Waals surface area contributed by atoms with E-state index in [0.29, 0.717) is 19.1 Å². The summed E-state index contributed by atoms with van der Waals surface area (Å²) in [5, 5.41) is 6.33. The van der Waals surface area contributed by atoms with Gasteiger partial charge in [0.15, 0.2) is 5.96 Å². The molecule has 16 heavy (non-hydrogen) atoms. The molecule has 0 saturated heterocycles. The second-order valence-electron chi connectivity index (χ2n) is 3.76. The van der Waals surface area contributed by atoms with Gasteiger partial charge in [0.05, 0.1) is 13.2 Å². The average Bonchev–Trinajstić information content (AvgIpc) is 2.17. The number of ether oxygens (including phenoxy) is 1. The molecule has 2 N–H and O–H groups in total. The third kappa shape index (κ3) is 12.0. The van der Waals surface area contributed by atoms with E-state index in [4.69, 9.17) is 4.74 Å². The quantitative estimate of drug-likeness (QED) is 0.321. The lowest BCUT2D eigenvalue weighted by Gasteiger charge is -2.09. The van der Waals surface area contributed by atoms with Crippen LogP contribution in [0.25, 0.3) is 0 Å². The summed E-state index contributed by atoms with van der Waals surface area (Å²) in [4.78, 5) is 4.37. The Kier molecular flexibility index (Phi) is 14.9. The van der Waals surface area contributed by atoms with Gasteiger partial charge in [-0.25, -0.2) is 0 Å². The lowest BCUT2D eigenvalue weighted by molar-refractivity contribution is 0.117. The molecule has 4 nitrogen and oxygen atoms in total. The first-order chi connectivity index (χ1) is 7.20. The number of nitrogens with zero attached hydrogens (tertiary/aromatic N) is 1. The molecule has 0 bridgehead atoms. The number of halogens is 1. The fourth-order valence-electron chi connectivity index (χ4n) is 1.05. The van der Waals surface area contributed by atoms with Crippen LogP contribution in [0.3, 0.4) is 0 Å². The van der Waals surface area contributed by atoms with E-state index in [0.717, 1.165) is 25.7 Å². The van der Waals surface area contributed by atoms with Gasteiger partial charge in [-0.15, -0.1) is 24.0 Å². The molecular weight excluding hydrogens is 317 g/mol. The third-order valence-electron chi connectivity index (χ3n) is 1.65. The largest absolute Gasteiger partial charge is 0.379 e. The van der Waals surface area contributed by atoms with Gasteiger partial charge >= 0.3 is 0 Å². The van der Waals surface area contributed by atoms with Crippen molar-refractivity contribution in [1.82, 2.24) is 10.6 Å². The molecule has 98 valence electrons. The summed E-state index contributed by atoms with van der Waals surface area (Å²) in [6.07, 6.45) is 0. The minimum Gasteiger partial charge on any atom is -0.379 e. The normalized spacial score (nSPS) is 9.56. The fraction of sp³-hybridized carbons (Fsp3) is 0.909. The third-order valence-corrected chi connectivity index (χ3v) is 1.65. The summed E-state index contributed by atoms with van der Waals surface area (Å²) in [5.74, 6) is 1.46. The molecule has 0 heterocycles. The van der Waals surface area contributed by atoms with Crippen LogP contribution in [0, 0.1) is 5.92 Å². The number of rotatable bonds is 7. The minimum atomic E-state index is 0. The maximum absolute atomic E-state index is 5.44. The predicted octanol–water partition coefficient (Wildman–Crippen LogP) is 1.85. The van der Waals surface area contributed by atoms with Crippen LogP contribution in [-0.4, -0.2) is 38.8 Å². The van der Waals surface area contributed by atoms with E-state index in [1.54, 1.807) is 0 Å². The van der Waals surface area contributed by atoms with Gasteiger partial charge in [0.1, 0.15) is 0 Å². The van der Waals surface area contributed by atoms with Gasteiger partial charge in [-0.1, -0.05) is 13.8 Å². The second kappa shape index (κ2) is 13.0. The highest BCUT2D eigenvalue weighted by Gasteiger charge is 1.95. The summed E-state index contributed by atoms with van der Waals surface area (Å²) < 4.78 is 5.44. The highest BCUT2D eigenvalue weighted by atomic mass is 127. The van der Waals surface area contributed by atoms with Crippen molar-refractivity contribution in [1.29, 1.82) is 0 Å². The maximum Gasteiger partial charge on any atom is 0.191 e. The van der Waals surface area contributed by atoms with Crippen molar-refractivity contribution < 1.29 is 4.74 Å². The number of nitrogens with one attached hydrogen (secondary N) is 2. The summed E-state index contributed by atoms with van der Waals surface area (Å²) in [7, 11) is 0. The van der Waals surface area contributed by atoms with Crippen molar-refractivity contribution in [2.24, 2.45) is 10.9 Å². The number of guanidine groups is 1. The summed E-state index contributed by atoms with van der Waals surface area (Å²) in [5.41, 5.74) is 0. The van der Waals surface area contributed by atoms with Crippen LogP contribution in [0.4, 0.5) is 0 Å². The van der Waals surface area contributed by atoms with Crippen molar-refractivity contribution in [3.63, 3.8) is 0 Å². The zero-order valence-corrected chi connectivity index (χ0v) is 13.2. The first-order valence-corrected chi connectivity index (χ1v) is 5.80. The van der Waals surface area contributed by atoms with Gasteiger partial charge in [0, 0.05) is 19.7 Å². The van der Waals surface area contributed by atoms with Crippen molar-refractivity contribution in [2.75, 3.05) is 32.8 Å². The number of aliphatic imine (C=N–C) groups is 1. The molecule has 0 rings (SSSR count). The predicted molar refractivity (Wildman–Crippen MR) is 80.7 cm³/mol. The van der Waals surface area contributed by atoms with Crippen molar-refractivity contribution in [2.45, 2.75) is 27.7 Å². The van der Waals surface area contributed by atoms with Crippen LogP contribution in [0.2, 0.25) is 0 Å². The van der Waals surface area contributed by atoms with Crippen LogP contribution in [-0.2, 0) is 4.74 Å². The molecule has 0 saturated carbocycles. The van der Waals surface area contributed by atoms with Crippen LogP contribution < -0.4 is 10.6 Å².